The van der Waals surface area contributed by atoms with Crippen LogP contribution in [0.5, 0.6) is 0 Å². The molecule has 3 heterocycles. The van der Waals surface area contributed by atoms with E-state index in [2.05, 4.69) is 56.5 Å². The number of imidazole rings is 1. The maximum atomic E-state index is 3.43. The molecule has 0 atom stereocenters. The van der Waals surface area contributed by atoms with Crippen molar-refractivity contribution in [1.82, 2.24) is 9.97 Å². The Hall–Kier alpha value is -2.07. The SMILES string of the molecule is c1ccc2c(-c3c[n+]4ccsc4[nH]3)c[nH]c2c1. The summed E-state index contributed by atoms with van der Waals surface area (Å²) in [4.78, 5) is 7.89. The lowest BCUT2D eigenvalue weighted by Gasteiger charge is -1.90. The molecule has 0 radical (unpaired) electrons. The number of para-hydroxylation sites is 1. The van der Waals surface area contributed by atoms with E-state index in [0.717, 1.165) is 10.7 Å². The molecule has 4 heteroatoms. The number of hydrogen-bond donors (Lipinski definition) is 2. The fourth-order valence-corrected chi connectivity index (χ4v) is 2.93. The Kier molecular flexibility index (Phi) is 1.70. The largest absolute Gasteiger partial charge is 0.360 e. The Bertz CT molecular complexity index is 778. The van der Waals surface area contributed by atoms with E-state index < -0.39 is 0 Å². The predicted molar refractivity (Wildman–Crippen MR) is 69.1 cm³/mol. The van der Waals surface area contributed by atoms with Gasteiger partial charge in [0.15, 0.2) is 5.69 Å². The minimum atomic E-state index is 1.15. The van der Waals surface area contributed by atoms with E-state index in [9.17, 15) is 0 Å². The van der Waals surface area contributed by atoms with Crippen molar-refractivity contribution in [2.75, 3.05) is 0 Å². The average Bonchev–Trinajstić information content (AvgIpc) is 3.01. The lowest BCUT2D eigenvalue weighted by Crippen LogP contribution is -2.11. The van der Waals surface area contributed by atoms with E-state index in [1.165, 1.54) is 16.5 Å². The maximum Gasteiger partial charge on any atom is 0.343 e. The highest BCUT2D eigenvalue weighted by molar-refractivity contribution is 7.14. The van der Waals surface area contributed by atoms with Crippen molar-refractivity contribution in [2.24, 2.45) is 0 Å². The lowest BCUT2D eigenvalue weighted by molar-refractivity contribution is -0.505. The molecular weight excluding hydrogens is 230 g/mol. The lowest BCUT2D eigenvalue weighted by atomic mass is 10.1. The van der Waals surface area contributed by atoms with Gasteiger partial charge in [0.1, 0.15) is 12.4 Å². The third-order valence-corrected chi connectivity index (χ3v) is 3.82. The number of rotatable bonds is 1. The van der Waals surface area contributed by atoms with Crippen molar-refractivity contribution in [3.8, 4) is 11.3 Å². The van der Waals surface area contributed by atoms with Gasteiger partial charge in [0.25, 0.3) is 0 Å². The molecule has 0 aliphatic rings. The second kappa shape index (κ2) is 3.21. The molecule has 0 unspecified atom stereocenters. The Morgan fingerprint density at radius 3 is 3.06 bits per heavy atom. The first kappa shape index (κ1) is 9.01. The first-order valence-electron chi connectivity index (χ1n) is 5.46. The van der Waals surface area contributed by atoms with Gasteiger partial charge in [0, 0.05) is 22.5 Å². The summed E-state index contributed by atoms with van der Waals surface area (Å²) in [7, 11) is 0. The summed E-state index contributed by atoms with van der Waals surface area (Å²) in [6, 6.07) is 8.35. The van der Waals surface area contributed by atoms with Crippen LogP contribution in [0.2, 0.25) is 0 Å². The molecule has 0 spiro atoms. The van der Waals surface area contributed by atoms with Crippen molar-refractivity contribution >= 4 is 27.2 Å². The van der Waals surface area contributed by atoms with Gasteiger partial charge in [-0.1, -0.05) is 29.5 Å². The highest BCUT2D eigenvalue weighted by atomic mass is 32.1. The maximum absolute atomic E-state index is 3.43. The van der Waals surface area contributed by atoms with E-state index in [1.54, 1.807) is 11.3 Å². The summed E-state index contributed by atoms with van der Waals surface area (Å²) in [6.45, 7) is 0. The molecule has 0 amide bonds. The minimum absolute atomic E-state index is 1.15. The average molecular weight is 240 g/mol. The van der Waals surface area contributed by atoms with E-state index in [0.29, 0.717) is 0 Å². The van der Waals surface area contributed by atoms with Crippen molar-refractivity contribution in [2.45, 2.75) is 0 Å². The van der Waals surface area contributed by atoms with Crippen LogP contribution >= 0.6 is 11.3 Å². The van der Waals surface area contributed by atoms with Gasteiger partial charge in [-0.3, -0.25) is 0 Å². The van der Waals surface area contributed by atoms with Crippen LogP contribution in [0.15, 0.2) is 48.2 Å². The van der Waals surface area contributed by atoms with Crippen molar-refractivity contribution in [3.63, 3.8) is 0 Å². The van der Waals surface area contributed by atoms with Gasteiger partial charge in [0.2, 0.25) is 0 Å². The number of nitrogens with zero attached hydrogens (tertiary/aromatic N) is 1. The molecule has 17 heavy (non-hydrogen) atoms. The number of nitrogens with one attached hydrogen (secondary N) is 2. The summed E-state index contributed by atoms with van der Waals surface area (Å²) in [5, 5.41) is 3.33. The van der Waals surface area contributed by atoms with E-state index in [1.807, 2.05) is 6.07 Å². The number of H-pyrrole nitrogens is 2. The molecule has 1 aromatic carbocycles. The van der Waals surface area contributed by atoms with E-state index in [-0.39, 0.29) is 0 Å². The Morgan fingerprint density at radius 2 is 2.12 bits per heavy atom. The van der Waals surface area contributed by atoms with Crippen LogP contribution in [0.1, 0.15) is 0 Å². The van der Waals surface area contributed by atoms with Crippen molar-refractivity contribution < 1.29 is 4.40 Å². The number of fused-ring (bicyclic) bond motifs is 2. The van der Waals surface area contributed by atoms with Crippen LogP contribution in [0, 0.1) is 0 Å². The standard InChI is InChI=1S/C13H9N3S/c1-2-4-11-9(3-1)10(7-14-11)12-8-16-5-6-17-13(16)15-12/h1-8,14H/p+1. The first-order chi connectivity index (χ1) is 8.42. The fourth-order valence-electron chi connectivity index (χ4n) is 2.20. The van der Waals surface area contributed by atoms with Crippen molar-refractivity contribution in [3.05, 3.63) is 48.2 Å². The molecule has 3 nitrogen and oxygen atoms in total. The van der Waals surface area contributed by atoms with Gasteiger partial charge < -0.3 is 4.98 Å². The summed E-state index contributed by atoms with van der Waals surface area (Å²) in [5.74, 6) is 0. The minimum Gasteiger partial charge on any atom is -0.360 e. The Labute approximate surface area is 101 Å². The van der Waals surface area contributed by atoms with Gasteiger partial charge in [-0.2, -0.15) is 4.40 Å². The van der Waals surface area contributed by atoms with Crippen LogP contribution in [0.3, 0.4) is 0 Å². The topological polar surface area (TPSA) is 35.7 Å². The molecular formula is C13H10N3S+. The molecule has 0 saturated carbocycles. The van der Waals surface area contributed by atoms with Gasteiger partial charge in [0.05, 0.1) is 5.56 Å². The highest BCUT2D eigenvalue weighted by Gasteiger charge is 2.14. The number of aromatic amines is 2. The molecule has 0 aliphatic heterocycles. The molecule has 0 fully saturated rings. The Balaban J connectivity index is 2.02. The number of thiazole rings is 1. The first-order valence-corrected chi connectivity index (χ1v) is 6.34. The Morgan fingerprint density at radius 1 is 1.18 bits per heavy atom. The van der Waals surface area contributed by atoms with E-state index >= 15 is 0 Å². The summed E-state index contributed by atoms with van der Waals surface area (Å²) in [6.07, 6.45) is 6.25. The van der Waals surface area contributed by atoms with Gasteiger partial charge >= 0.3 is 4.96 Å². The molecule has 0 aliphatic carbocycles. The zero-order valence-corrected chi connectivity index (χ0v) is 9.79. The molecule has 0 bridgehead atoms. The van der Waals surface area contributed by atoms with Gasteiger partial charge in [-0.25, -0.2) is 4.98 Å². The van der Waals surface area contributed by atoms with Crippen LogP contribution in [0.25, 0.3) is 27.1 Å². The number of aromatic nitrogens is 3. The molecule has 0 saturated heterocycles. The zero-order chi connectivity index (χ0) is 11.2. The molecule has 82 valence electrons. The van der Waals surface area contributed by atoms with E-state index in [4.69, 9.17) is 0 Å². The predicted octanol–water partition coefficient (Wildman–Crippen LogP) is 2.96. The smallest absolute Gasteiger partial charge is 0.343 e. The summed E-state index contributed by atoms with van der Waals surface area (Å²) < 4.78 is 2.11. The molecule has 4 aromatic rings. The third-order valence-electron chi connectivity index (χ3n) is 3.02. The molecule has 4 rings (SSSR count). The quantitative estimate of drug-likeness (QED) is 0.480. The normalized spacial score (nSPS) is 11.5. The van der Waals surface area contributed by atoms with Crippen LogP contribution in [-0.2, 0) is 0 Å². The summed E-state index contributed by atoms with van der Waals surface area (Å²) in [5.41, 5.74) is 3.54. The molecule has 3 aromatic heterocycles. The van der Waals surface area contributed by atoms with Crippen LogP contribution in [0.4, 0.5) is 0 Å². The van der Waals surface area contributed by atoms with Gasteiger partial charge in [-0.15, -0.1) is 0 Å². The summed E-state index contributed by atoms with van der Waals surface area (Å²) >= 11 is 1.71. The zero-order valence-electron chi connectivity index (χ0n) is 8.97. The third kappa shape index (κ3) is 1.24. The monoisotopic (exact) mass is 240 g/mol. The van der Waals surface area contributed by atoms with Crippen LogP contribution < -0.4 is 4.40 Å². The highest BCUT2D eigenvalue weighted by Crippen LogP contribution is 2.27. The second-order valence-corrected chi connectivity index (χ2v) is 4.93. The molecule has 2 N–H and O–H groups in total. The van der Waals surface area contributed by atoms with Crippen LogP contribution in [-0.4, -0.2) is 9.97 Å². The number of benzene rings is 1. The second-order valence-electron chi connectivity index (χ2n) is 4.03. The van der Waals surface area contributed by atoms with Gasteiger partial charge in [-0.05, 0) is 6.07 Å². The number of hydrogen-bond acceptors (Lipinski definition) is 1. The fraction of sp³-hybridized carbons (Fsp3) is 0. The van der Waals surface area contributed by atoms with Crippen molar-refractivity contribution in [1.29, 1.82) is 0 Å².